The average molecular weight is 315 g/mol. The third-order valence-electron chi connectivity index (χ3n) is 3.94. The van der Waals surface area contributed by atoms with Crippen LogP contribution < -0.4 is 10.6 Å². The number of hydrogen-bond donors (Lipinski definition) is 1. The predicted octanol–water partition coefficient (Wildman–Crippen LogP) is 4.19. The van der Waals surface area contributed by atoms with Gasteiger partial charge in [0.25, 0.3) is 0 Å². The Bertz CT molecular complexity index is 436. The van der Waals surface area contributed by atoms with Gasteiger partial charge in [0.05, 0.1) is 15.8 Å². The Morgan fingerprint density at radius 1 is 1.44 bits per heavy atom. The molecule has 0 amide bonds. The summed E-state index contributed by atoms with van der Waals surface area (Å²) in [5, 5.41) is 0. The molecule has 0 spiro atoms. The van der Waals surface area contributed by atoms with Crippen LogP contribution in [0, 0.1) is 11.7 Å². The Morgan fingerprint density at radius 2 is 2.17 bits per heavy atom. The summed E-state index contributed by atoms with van der Waals surface area (Å²) in [6.07, 6.45) is 3.63. The van der Waals surface area contributed by atoms with Gasteiger partial charge < -0.3 is 10.6 Å². The molecule has 1 fully saturated rings. The minimum absolute atomic E-state index is 0.298. The molecule has 1 saturated heterocycles. The van der Waals surface area contributed by atoms with E-state index in [2.05, 4.69) is 34.7 Å². The number of nitrogen functional groups attached to an aromatic ring is 1. The van der Waals surface area contributed by atoms with Crippen molar-refractivity contribution in [3.8, 4) is 0 Å². The second kappa shape index (κ2) is 5.47. The second-order valence-corrected chi connectivity index (χ2v) is 6.03. The van der Waals surface area contributed by atoms with Gasteiger partial charge in [-0.2, -0.15) is 0 Å². The molecule has 1 aliphatic rings. The molecule has 0 aliphatic carbocycles. The zero-order valence-electron chi connectivity index (χ0n) is 10.9. The lowest BCUT2D eigenvalue weighted by molar-refractivity contribution is 0.359. The number of rotatable bonds is 2. The van der Waals surface area contributed by atoms with Crippen molar-refractivity contribution >= 4 is 27.3 Å². The Kier molecular flexibility index (Phi) is 4.15. The van der Waals surface area contributed by atoms with Gasteiger partial charge in [0.1, 0.15) is 5.82 Å². The Balaban J connectivity index is 2.31. The first-order valence-corrected chi connectivity index (χ1v) is 7.33. The smallest absolute Gasteiger partial charge is 0.139 e. The lowest BCUT2D eigenvalue weighted by Gasteiger charge is -2.40. The lowest BCUT2D eigenvalue weighted by Crippen LogP contribution is -2.42. The molecule has 2 rings (SSSR count). The largest absolute Gasteiger partial charge is 0.397 e. The zero-order valence-corrected chi connectivity index (χ0v) is 12.5. The highest BCUT2D eigenvalue weighted by molar-refractivity contribution is 9.10. The van der Waals surface area contributed by atoms with E-state index in [1.165, 1.54) is 25.3 Å². The van der Waals surface area contributed by atoms with Gasteiger partial charge in [-0.15, -0.1) is 0 Å². The van der Waals surface area contributed by atoms with Crippen LogP contribution in [-0.2, 0) is 0 Å². The van der Waals surface area contributed by atoms with E-state index in [4.69, 9.17) is 5.73 Å². The summed E-state index contributed by atoms with van der Waals surface area (Å²) >= 11 is 3.24. The van der Waals surface area contributed by atoms with Crippen molar-refractivity contribution in [2.24, 2.45) is 5.92 Å². The van der Waals surface area contributed by atoms with Crippen molar-refractivity contribution in [2.45, 2.75) is 39.2 Å². The van der Waals surface area contributed by atoms with Crippen LogP contribution in [0.1, 0.15) is 33.1 Å². The number of halogens is 2. The maximum atomic E-state index is 13.4. The highest BCUT2D eigenvalue weighted by Crippen LogP contribution is 2.35. The van der Waals surface area contributed by atoms with Crippen LogP contribution in [-0.4, -0.2) is 12.6 Å². The van der Waals surface area contributed by atoms with Gasteiger partial charge in [-0.05, 0) is 47.7 Å². The van der Waals surface area contributed by atoms with Crippen LogP contribution >= 0.6 is 15.9 Å². The molecule has 2 nitrogen and oxygen atoms in total. The van der Waals surface area contributed by atoms with E-state index < -0.39 is 0 Å². The number of hydrogen-bond acceptors (Lipinski definition) is 2. The van der Waals surface area contributed by atoms with Gasteiger partial charge in [0.15, 0.2) is 0 Å². The summed E-state index contributed by atoms with van der Waals surface area (Å²) < 4.78 is 13.9. The molecule has 1 heterocycles. The van der Waals surface area contributed by atoms with Gasteiger partial charge in [0, 0.05) is 18.7 Å². The number of nitrogens with zero attached hydrogens (tertiary/aromatic N) is 1. The monoisotopic (exact) mass is 314 g/mol. The first-order chi connectivity index (χ1) is 8.52. The van der Waals surface area contributed by atoms with Crippen LogP contribution in [0.3, 0.4) is 0 Å². The molecular formula is C14H20BrFN2. The molecule has 0 bridgehead atoms. The van der Waals surface area contributed by atoms with Crippen molar-refractivity contribution in [3.63, 3.8) is 0 Å². The van der Waals surface area contributed by atoms with Gasteiger partial charge in [-0.3, -0.25) is 0 Å². The highest BCUT2D eigenvalue weighted by Gasteiger charge is 2.26. The van der Waals surface area contributed by atoms with Gasteiger partial charge in [-0.1, -0.05) is 13.3 Å². The molecule has 1 aromatic rings. The van der Waals surface area contributed by atoms with E-state index in [-0.39, 0.29) is 5.82 Å². The lowest BCUT2D eigenvalue weighted by atomic mass is 9.91. The van der Waals surface area contributed by atoms with Gasteiger partial charge >= 0.3 is 0 Å². The molecule has 18 heavy (non-hydrogen) atoms. The SMILES string of the molecule is CCC1CCC(C)N(c2cc(Br)c(F)cc2N)C1. The fourth-order valence-electron chi connectivity index (χ4n) is 2.65. The first-order valence-electron chi connectivity index (χ1n) is 6.54. The van der Waals surface area contributed by atoms with E-state index in [0.717, 1.165) is 12.2 Å². The van der Waals surface area contributed by atoms with E-state index in [1.54, 1.807) is 6.07 Å². The summed E-state index contributed by atoms with van der Waals surface area (Å²) in [5.41, 5.74) is 7.45. The maximum absolute atomic E-state index is 13.4. The second-order valence-electron chi connectivity index (χ2n) is 5.18. The third kappa shape index (κ3) is 2.63. The summed E-state index contributed by atoms with van der Waals surface area (Å²) in [6.45, 7) is 5.45. The molecule has 100 valence electrons. The molecule has 2 atom stereocenters. The molecule has 2 N–H and O–H groups in total. The molecular weight excluding hydrogens is 295 g/mol. The predicted molar refractivity (Wildman–Crippen MR) is 78.3 cm³/mol. The van der Waals surface area contributed by atoms with Crippen molar-refractivity contribution in [1.29, 1.82) is 0 Å². The minimum atomic E-state index is -0.298. The summed E-state index contributed by atoms with van der Waals surface area (Å²) in [7, 11) is 0. The van der Waals surface area contributed by atoms with E-state index in [1.807, 2.05) is 0 Å². The molecule has 0 aromatic heterocycles. The van der Waals surface area contributed by atoms with E-state index in [0.29, 0.717) is 22.1 Å². The van der Waals surface area contributed by atoms with Gasteiger partial charge in [0.2, 0.25) is 0 Å². The first kappa shape index (κ1) is 13.7. The standard InChI is InChI=1S/C14H20BrFN2/c1-3-10-5-4-9(2)18(8-10)14-6-11(15)12(16)7-13(14)17/h6-7,9-10H,3-5,8,17H2,1-2H3. The summed E-state index contributed by atoms with van der Waals surface area (Å²) in [5.74, 6) is 0.414. The van der Waals surface area contributed by atoms with Crippen LogP contribution in [0.25, 0.3) is 0 Å². The van der Waals surface area contributed by atoms with Crippen molar-refractivity contribution in [2.75, 3.05) is 17.2 Å². The van der Waals surface area contributed by atoms with Crippen LogP contribution in [0.4, 0.5) is 15.8 Å². The molecule has 2 unspecified atom stereocenters. The molecule has 0 saturated carbocycles. The fraction of sp³-hybridized carbons (Fsp3) is 0.571. The van der Waals surface area contributed by atoms with Crippen LogP contribution in [0.2, 0.25) is 0 Å². The van der Waals surface area contributed by atoms with Crippen LogP contribution in [0.15, 0.2) is 16.6 Å². The Labute approximate surface area is 116 Å². The van der Waals surface area contributed by atoms with Gasteiger partial charge in [-0.25, -0.2) is 4.39 Å². The summed E-state index contributed by atoms with van der Waals surface area (Å²) in [6, 6.07) is 3.67. The summed E-state index contributed by atoms with van der Waals surface area (Å²) in [4.78, 5) is 2.32. The molecule has 4 heteroatoms. The molecule has 1 aromatic carbocycles. The number of anilines is 2. The molecule has 1 aliphatic heterocycles. The van der Waals surface area contributed by atoms with Crippen molar-refractivity contribution < 1.29 is 4.39 Å². The minimum Gasteiger partial charge on any atom is -0.397 e. The van der Waals surface area contributed by atoms with Crippen molar-refractivity contribution in [3.05, 3.63) is 22.4 Å². The number of benzene rings is 1. The highest BCUT2D eigenvalue weighted by atomic mass is 79.9. The topological polar surface area (TPSA) is 29.3 Å². The van der Waals surface area contributed by atoms with Crippen molar-refractivity contribution in [1.82, 2.24) is 0 Å². The average Bonchev–Trinajstić information content (AvgIpc) is 2.35. The maximum Gasteiger partial charge on any atom is 0.139 e. The zero-order chi connectivity index (χ0) is 13.3. The third-order valence-corrected chi connectivity index (χ3v) is 4.54. The Morgan fingerprint density at radius 3 is 2.83 bits per heavy atom. The van der Waals surface area contributed by atoms with Crippen LogP contribution in [0.5, 0.6) is 0 Å². The van der Waals surface area contributed by atoms with E-state index >= 15 is 0 Å². The molecule has 0 radical (unpaired) electrons. The number of piperidine rings is 1. The number of nitrogens with two attached hydrogens (primary N) is 1. The normalized spacial score (nSPS) is 24.3. The van der Waals surface area contributed by atoms with E-state index in [9.17, 15) is 4.39 Å². The Hall–Kier alpha value is -0.770. The quantitative estimate of drug-likeness (QED) is 0.829. The fourth-order valence-corrected chi connectivity index (χ4v) is 2.98.